The topological polar surface area (TPSA) is 101 Å². The van der Waals surface area contributed by atoms with Gasteiger partial charge in [-0.1, -0.05) is 39.0 Å². The number of carbonyl (C=O) groups excluding carboxylic acids is 2. The maximum absolute atomic E-state index is 12.7. The summed E-state index contributed by atoms with van der Waals surface area (Å²) in [5, 5.41) is 10.3. The Morgan fingerprint density at radius 3 is 2.43 bits per heavy atom. The van der Waals surface area contributed by atoms with E-state index in [0.717, 1.165) is 22.5 Å². The van der Waals surface area contributed by atoms with Crippen molar-refractivity contribution in [2.24, 2.45) is 5.73 Å². The Kier molecular flexibility index (Phi) is 5.05. The number of hydrogen-bond donors (Lipinski definition) is 3. The van der Waals surface area contributed by atoms with Crippen LogP contribution in [0.2, 0.25) is 0 Å². The van der Waals surface area contributed by atoms with Gasteiger partial charge < -0.3 is 11.1 Å². The molecule has 1 aromatic heterocycles. The maximum Gasteiger partial charge on any atom is 0.255 e. The molecule has 0 saturated carbocycles. The fourth-order valence-corrected chi connectivity index (χ4v) is 2.78. The lowest BCUT2D eigenvalue weighted by Gasteiger charge is -2.14. The molecule has 0 aliphatic rings. The number of H-pyrrole nitrogens is 1. The van der Waals surface area contributed by atoms with E-state index in [4.69, 9.17) is 5.73 Å². The molecule has 0 unspecified atom stereocenters. The molecule has 0 fully saturated rings. The van der Waals surface area contributed by atoms with E-state index in [1.54, 1.807) is 30.3 Å². The van der Waals surface area contributed by atoms with E-state index in [9.17, 15) is 9.59 Å². The predicted octanol–water partition coefficient (Wildman–Crippen LogP) is 4.03. The minimum absolute atomic E-state index is 0.0385. The van der Waals surface area contributed by atoms with Gasteiger partial charge in [0.25, 0.3) is 5.91 Å². The van der Waals surface area contributed by atoms with Crippen LogP contribution in [0.3, 0.4) is 0 Å². The SMILES string of the molecule is Cc1ccc(C(N)=O)cc1NC(=O)c1cccc(-c2cc(C(C)(C)C)[nH]n2)c1. The highest BCUT2D eigenvalue weighted by Gasteiger charge is 2.18. The van der Waals surface area contributed by atoms with Crippen LogP contribution in [0.4, 0.5) is 5.69 Å². The van der Waals surface area contributed by atoms with Gasteiger partial charge in [-0.2, -0.15) is 5.10 Å². The number of hydrogen-bond acceptors (Lipinski definition) is 3. The number of aryl methyl sites for hydroxylation is 1. The van der Waals surface area contributed by atoms with Crippen LogP contribution in [-0.4, -0.2) is 22.0 Å². The highest BCUT2D eigenvalue weighted by Crippen LogP contribution is 2.26. The Bertz CT molecular complexity index is 1040. The number of primary amides is 1. The molecule has 0 bridgehead atoms. The molecule has 3 rings (SSSR count). The van der Waals surface area contributed by atoms with Crippen LogP contribution < -0.4 is 11.1 Å². The molecule has 0 aliphatic heterocycles. The molecule has 0 aliphatic carbocycles. The number of rotatable bonds is 4. The molecule has 4 N–H and O–H groups in total. The zero-order valence-electron chi connectivity index (χ0n) is 16.5. The third-order valence-corrected chi connectivity index (χ3v) is 4.58. The number of carbonyl (C=O) groups is 2. The Morgan fingerprint density at radius 2 is 1.79 bits per heavy atom. The molecule has 1 heterocycles. The normalized spacial score (nSPS) is 11.3. The minimum Gasteiger partial charge on any atom is -0.366 e. The number of aromatic nitrogens is 2. The highest BCUT2D eigenvalue weighted by molar-refractivity contribution is 6.06. The van der Waals surface area contributed by atoms with E-state index in [0.29, 0.717) is 16.8 Å². The number of anilines is 1. The fraction of sp³-hybridized carbons (Fsp3) is 0.227. The smallest absolute Gasteiger partial charge is 0.255 e. The first-order chi connectivity index (χ1) is 13.1. The van der Waals surface area contributed by atoms with E-state index in [-0.39, 0.29) is 11.3 Å². The fourth-order valence-electron chi connectivity index (χ4n) is 2.78. The molecule has 0 saturated heterocycles. The van der Waals surface area contributed by atoms with Gasteiger partial charge in [0.15, 0.2) is 0 Å². The van der Waals surface area contributed by atoms with Gasteiger partial charge in [-0.25, -0.2) is 0 Å². The van der Waals surface area contributed by atoms with Crippen LogP contribution in [0.1, 0.15) is 52.7 Å². The van der Waals surface area contributed by atoms with Gasteiger partial charge in [0, 0.05) is 33.5 Å². The van der Waals surface area contributed by atoms with Crippen LogP contribution in [-0.2, 0) is 5.41 Å². The second kappa shape index (κ2) is 7.31. The van der Waals surface area contributed by atoms with Crippen molar-refractivity contribution in [3.05, 3.63) is 70.9 Å². The lowest BCUT2D eigenvalue weighted by molar-refractivity contribution is 0.0996. The number of nitrogens with zero attached hydrogens (tertiary/aromatic N) is 1. The molecule has 0 radical (unpaired) electrons. The standard InChI is InChI=1S/C22H24N4O2/c1-13-8-9-15(20(23)27)11-17(13)24-21(28)16-7-5-6-14(10-16)18-12-19(26-25-18)22(2,3)4/h5-12H,1-4H3,(H2,23,27)(H,24,28)(H,25,26). The molecule has 28 heavy (non-hydrogen) atoms. The Hall–Kier alpha value is -3.41. The molecule has 6 heteroatoms. The molecular weight excluding hydrogens is 352 g/mol. The Balaban J connectivity index is 1.86. The van der Waals surface area contributed by atoms with E-state index in [1.807, 2.05) is 25.1 Å². The van der Waals surface area contributed by atoms with Crippen LogP contribution >= 0.6 is 0 Å². The van der Waals surface area contributed by atoms with Crippen molar-refractivity contribution in [2.45, 2.75) is 33.1 Å². The van der Waals surface area contributed by atoms with Gasteiger partial charge in [-0.15, -0.1) is 0 Å². The summed E-state index contributed by atoms with van der Waals surface area (Å²) in [5.41, 5.74) is 10.2. The summed E-state index contributed by atoms with van der Waals surface area (Å²) in [5.74, 6) is -0.802. The van der Waals surface area contributed by atoms with Crippen LogP contribution in [0.25, 0.3) is 11.3 Å². The van der Waals surface area contributed by atoms with Crippen molar-refractivity contribution < 1.29 is 9.59 Å². The Morgan fingerprint density at radius 1 is 1.04 bits per heavy atom. The quantitative estimate of drug-likeness (QED) is 0.640. The van der Waals surface area contributed by atoms with Crippen molar-refractivity contribution in [2.75, 3.05) is 5.32 Å². The molecule has 0 atom stereocenters. The lowest BCUT2D eigenvalue weighted by atomic mass is 9.92. The summed E-state index contributed by atoms with van der Waals surface area (Å²) in [6.45, 7) is 8.18. The third-order valence-electron chi connectivity index (χ3n) is 4.58. The first kappa shape index (κ1) is 19.4. The number of nitrogens with two attached hydrogens (primary N) is 1. The summed E-state index contributed by atoms with van der Waals surface area (Å²) in [7, 11) is 0. The predicted molar refractivity (Wildman–Crippen MR) is 110 cm³/mol. The van der Waals surface area contributed by atoms with Crippen molar-refractivity contribution in [1.29, 1.82) is 0 Å². The van der Waals surface area contributed by atoms with Gasteiger partial charge in [0.05, 0.1) is 5.69 Å². The summed E-state index contributed by atoms with van der Waals surface area (Å²) >= 11 is 0. The van der Waals surface area contributed by atoms with Gasteiger partial charge in [0.2, 0.25) is 5.91 Å². The minimum atomic E-state index is -0.536. The summed E-state index contributed by atoms with van der Waals surface area (Å²) in [6.07, 6.45) is 0. The molecule has 6 nitrogen and oxygen atoms in total. The van der Waals surface area contributed by atoms with Crippen molar-refractivity contribution in [3.63, 3.8) is 0 Å². The highest BCUT2D eigenvalue weighted by atomic mass is 16.2. The number of benzene rings is 2. The maximum atomic E-state index is 12.7. The molecule has 0 spiro atoms. The molecule has 144 valence electrons. The summed E-state index contributed by atoms with van der Waals surface area (Å²) in [4.78, 5) is 24.1. The number of amides is 2. The number of aromatic amines is 1. The second-order valence-electron chi connectivity index (χ2n) is 7.85. The number of nitrogens with one attached hydrogen (secondary N) is 2. The Labute approximate surface area is 164 Å². The average molecular weight is 376 g/mol. The monoisotopic (exact) mass is 376 g/mol. The second-order valence-corrected chi connectivity index (χ2v) is 7.85. The van der Waals surface area contributed by atoms with Crippen molar-refractivity contribution in [1.82, 2.24) is 10.2 Å². The molecule has 2 aromatic carbocycles. The molecule has 2 amide bonds. The van der Waals surface area contributed by atoms with Crippen molar-refractivity contribution >= 4 is 17.5 Å². The van der Waals surface area contributed by atoms with Crippen LogP contribution in [0.15, 0.2) is 48.5 Å². The lowest BCUT2D eigenvalue weighted by Crippen LogP contribution is -2.15. The zero-order valence-corrected chi connectivity index (χ0v) is 16.5. The first-order valence-corrected chi connectivity index (χ1v) is 9.03. The van der Waals surface area contributed by atoms with E-state index >= 15 is 0 Å². The van der Waals surface area contributed by atoms with Gasteiger partial charge in [0.1, 0.15) is 0 Å². The largest absolute Gasteiger partial charge is 0.366 e. The third kappa shape index (κ3) is 4.11. The van der Waals surface area contributed by atoms with Gasteiger partial charge >= 0.3 is 0 Å². The first-order valence-electron chi connectivity index (χ1n) is 9.03. The summed E-state index contributed by atoms with van der Waals surface area (Å²) in [6, 6.07) is 14.2. The zero-order chi connectivity index (χ0) is 20.5. The molecular formula is C22H24N4O2. The van der Waals surface area contributed by atoms with Gasteiger partial charge in [-0.05, 0) is 42.8 Å². The molecule has 3 aromatic rings. The summed E-state index contributed by atoms with van der Waals surface area (Å²) < 4.78 is 0. The van der Waals surface area contributed by atoms with E-state index < -0.39 is 5.91 Å². The van der Waals surface area contributed by atoms with E-state index in [2.05, 4.69) is 36.3 Å². The van der Waals surface area contributed by atoms with E-state index in [1.165, 1.54) is 0 Å². The van der Waals surface area contributed by atoms with Crippen molar-refractivity contribution in [3.8, 4) is 11.3 Å². The van der Waals surface area contributed by atoms with Gasteiger partial charge in [-0.3, -0.25) is 14.7 Å². The average Bonchev–Trinajstić information content (AvgIpc) is 3.14. The van der Waals surface area contributed by atoms with Crippen LogP contribution in [0.5, 0.6) is 0 Å². The van der Waals surface area contributed by atoms with Crippen LogP contribution in [0, 0.1) is 6.92 Å².